The highest BCUT2D eigenvalue weighted by Crippen LogP contribution is 2.25. The summed E-state index contributed by atoms with van der Waals surface area (Å²) in [5, 5.41) is 3.94. The van der Waals surface area contributed by atoms with Gasteiger partial charge in [0.05, 0.1) is 6.20 Å². The summed E-state index contributed by atoms with van der Waals surface area (Å²) in [6, 6.07) is 1.98. The fourth-order valence-corrected chi connectivity index (χ4v) is 3.23. The minimum absolute atomic E-state index is 0.260. The van der Waals surface area contributed by atoms with Gasteiger partial charge in [-0.3, -0.25) is 0 Å². The Labute approximate surface area is 119 Å². The van der Waals surface area contributed by atoms with Crippen molar-refractivity contribution < 1.29 is 4.39 Å². The van der Waals surface area contributed by atoms with E-state index < -0.39 is 0 Å². The molecule has 3 nitrogen and oxygen atoms in total. The van der Waals surface area contributed by atoms with Gasteiger partial charge >= 0.3 is 0 Å². The van der Waals surface area contributed by atoms with Gasteiger partial charge in [0.2, 0.25) is 0 Å². The monoisotopic (exact) mass is 283 g/mol. The summed E-state index contributed by atoms with van der Waals surface area (Å²) in [6.07, 6.45) is 1.32. The molecule has 2 heterocycles. The van der Waals surface area contributed by atoms with Gasteiger partial charge in [-0.15, -0.1) is 0 Å². The summed E-state index contributed by atoms with van der Waals surface area (Å²) in [7, 11) is 0. The Bertz CT molecular complexity index is 425. The molecule has 19 heavy (non-hydrogen) atoms. The summed E-state index contributed by atoms with van der Waals surface area (Å²) < 4.78 is 13.4. The zero-order valence-corrected chi connectivity index (χ0v) is 12.6. The largest absolute Gasteiger partial charge is 0.354 e. The molecule has 1 aromatic heterocycles. The predicted octanol–water partition coefficient (Wildman–Crippen LogP) is 2.66. The number of thioether (sulfide) groups is 1. The number of anilines is 1. The van der Waals surface area contributed by atoms with Crippen molar-refractivity contribution in [2.24, 2.45) is 0 Å². The molecule has 1 aromatic rings. The number of pyridine rings is 1. The third-order valence-electron chi connectivity index (χ3n) is 3.15. The lowest BCUT2D eigenvalue weighted by Gasteiger charge is -2.32. The second-order valence-electron chi connectivity index (χ2n) is 5.30. The van der Waals surface area contributed by atoms with Crippen LogP contribution in [-0.4, -0.2) is 35.1 Å². The number of halogens is 1. The lowest BCUT2D eigenvalue weighted by atomic mass is 10.2. The van der Waals surface area contributed by atoms with E-state index in [0.717, 1.165) is 30.2 Å². The molecule has 0 aliphatic carbocycles. The van der Waals surface area contributed by atoms with Crippen molar-refractivity contribution in [2.75, 3.05) is 23.7 Å². The quantitative estimate of drug-likeness (QED) is 0.919. The smallest absolute Gasteiger partial charge is 0.141 e. The summed E-state index contributed by atoms with van der Waals surface area (Å²) >= 11 is 1.98. The molecule has 1 aliphatic heterocycles. The minimum atomic E-state index is -0.260. The van der Waals surface area contributed by atoms with Crippen molar-refractivity contribution in [1.29, 1.82) is 0 Å². The van der Waals surface area contributed by atoms with Crippen LogP contribution in [0.3, 0.4) is 0 Å². The first-order valence-corrected chi connectivity index (χ1v) is 7.85. The Morgan fingerprint density at radius 3 is 3.05 bits per heavy atom. The van der Waals surface area contributed by atoms with Crippen molar-refractivity contribution in [3.63, 3.8) is 0 Å². The van der Waals surface area contributed by atoms with Gasteiger partial charge in [0.15, 0.2) is 0 Å². The van der Waals surface area contributed by atoms with Gasteiger partial charge in [0, 0.05) is 42.2 Å². The third-order valence-corrected chi connectivity index (χ3v) is 4.29. The average Bonchev–Trinajstić information content (AvgIpc) is 2.36. The predicted molar refractivity (Wildman–Crippen MR) is 80.3 cm³/mol. The van der Waals surface area contributed by atoms with E-state index in [2.05, 4.69) is 36.0 Å². The fourth-order valence-electron chi connectivity index (χ4n) is 2.21. The van der Waals surface area contributed by atoms with Crippen LogP contribution < -0.4 is 10.2 Å². The van der Waals surface area contributed by atoms with Crippen LogP contribution in [0.1, 0.15) is 26.3 Å². The van der Waals surface area contributed by atoms with Gasteiger partial charge in [0.25, 0.3) is 0 Å². The molecule has 0 saturated carbocycles. The molecule has 0 bridgehead atoms. The van der Waals surface area contributed by atoms with E-state index >= 15 is 0 Å². The van der Waals surface area contributed by atoms with E-state index in [1.54, 1.807) is 6.07 Å². The van der Waals surface area contributed by atoms with E-state index in [0.29, 0.717) is 17.8 Å². The Morgan fingerprint density at radius 2 is 2.37 bits per heavy atom. The second kappa shape index (κ2) is 6.57. The Morgan fingerprint density at radius 1 is 1.58 bits per heavy atom. The molecule has 1 fully saturated rings. The fraction of sp³-hybridized carbons (Fsp3) is 0.643. The molecule has 0 radical (unpaired) electrons. The topological polar surface area (TPSA) is 28.2 Å². The first kappa shape index (κ1) is 14.6. The van der Waals surface area contributed by atoms with Gasteiger partial charge in [-0.05, 0) is 6.07 Å². The molecule has 5 heteroatoms. The highest BCUT2D eigenvalue weighted by molar-refractivity contribution is 8.00. The third kappa shape index (κ3) is 4.08. The molecule has 0 spiro atoms. The molecule has 1 unspecified atom stereocenters. The van der Waals surface area contributed by atoms with E-state index in [9.17, 15) is 4.39 Å². The first-order chi connectivity index (χ1) is 9.06. The van der Waals surface area contributed by atoms with E-state index in [1.165, 1.54) is 6.20 Å². The van der Waals surface area contributed by atoms with Crippen molar-refractivity contribution in [1.82, 2.24) is 10.3 Å². The van der Waals surface area contributed by atoms with Crippen molar-refractivity contribution in [3.05, 3.63) is 23.6 Å². The maximum absolute atomic E-state index is 13.4. The van der Waals surface area contributed by atoms with Gasteiger partial charge in [-0.25, -0.2) is 9.37 Å². The molecule has 106 valence electrons. The van der Waals surface area contributed by atoms with Crippen LogP contribution in [0.25, 0.3) is 0 Å². The molecular formula is C14H22FN3S. The molecule has 2 rings (SSSR count). The van der Waals surface area contributed by atoms with Gasteiger partial charge in [-0.1, -0.05) is 20.8 Å². The second-order valence-corrected chi connectivity index (χ2v) is 6.85. The number of rotatable bonds is 4. The number of nitrogens with zero attached hydrogens (tertiary/aromatic N) is 2. The SMILES string of the molecule is CC(C)NCc1cc(F)cnc1N1CCSC(C)C1. The first-order valence-electron chi connectivity index (χ1n) is 6.80. The maximum atomic E-state index is 13.4. The summed E-state index contributed by atoms with van der Waals surface area (Å²) in [4.78, 5) is 6.59. The Hall–Kier alpha value is -0.810. The molecule has 0 aromatic carbocycles. The highest BCUT2D eigenvalue weighted by Gasteiger charge is 2.20. The number of nitrogens with one attached hydrogen (secondary N) is 1. The summed E-state index contributed by atoms with van der Waals surface area (Å²) in [5.74, 6) is 1.78. The van der Waals surface area contributed by atoms with Crippen molar-refractivity contribution >= 4 is 17.6 Å². The molecule has 1 N–H and O–H groups in total. The zero-order chi connectivity index (χ0) is 13.8. The number of hydrogen-bond donors (Lipinski definition) is 1. The van der Waals surface area contributed by atoms with Crippen molar-refractivity contribution in [3.8, 4) is 0 Å². The molecule has 1 atom stereocenters. The molecule has 1 aliphatic rings. The lowest BCUT2D eigenvalue weighted by molar-refractivity contribution is 0.576. The van der Waals surface area contributed by atoms with Crippen LogP contribution in [0.4, 0.5) is 10.2 Å². The van der Waals surface area contributed by atoms with Gasteiger partial charge < -0.3 is 10.2 Å². The van der Waals surface area contributed by atoms with E-state index in [4.69, 9.17) is 0 Å². The van der Waals surface area contributed by atoms with Gasteiger partial charge in [0.1, 0.15) is 11.6 Å². The van der Waals surface area contributed by atoms with E-state index in [-0.39, 0.29) is 5.82 Å². The Kier molecular flexibility index (Phi) is 5.05. The Balaban J connectivity index is 2.18. The summed E-state index contributed by atoms with van der Waals surface area (Å²) in [6.45, 7) is 9.04. The normalized spacial score (nSPS) is 20.1. The van der Waals surface area contributed by atoms with Crippen LogP contribution in [-0.2, 0) is 6.54 Å². The number of aromatic nitrogens is 1. The van der Waals surface area contributed by atoms with Crippen molar-refractivity contribution in [2.45, 2.75) is 38.6 Å². The summed E-state index contributed by atoms with van der Waals surface area (Å²) in [5.41, 5.74) is 0.952. The maximum Gasteiger partial charge on any atom is 0.141 e. The lowest BCUT2D eigenvalue weighted by Crippen LogP contribution is -2.38. The minimum Gasteiger partial charge on any atom is -0.354 e. The van der Waals surface area contributed by atoms with Crippen LogP contribution in [0.5, 0.6) is 0 Å². The number of hydrogen-bond acceptors (Lipinski definition) is 4. The standard InChI is InChI=1S/C14H22FN3S/c1-10(2)16-7-12-6-13(15)8-17-14(12)18-4-5-19-11(3)9-18/h6,8,10-11,16H,4-5,7,9H2,1-3H3. The van der Waals surface area contributed by atoms with E-state index in [1.807, 2.05) is 11.8 Å². The van der Waals surface area contributed by atoms with Crippen LogP contribution in [0.15, 0.2) is 12.3 Å². The average molecular weight is 283 g/mol. The molecular weight excluding hydrogens is 261 g/mol. The van der Waals surface area contributed by atoms with Gasteiger partial charge in [-0.2, -0.15) is 11.8 Å². The van der Waals surface area contributed by atoms with Crippen LogP contribution in [0.2, 0.25) is 0 Å². The molecule has 1 saturated heterocycles. The highest BCUT2D eigenvalue weighted by atomic mass is 32.2. The zero-order valence-electron chi connectivity index (χ0n) is 11.8. The molecule has 0 amide bonds. The van der Waals surface area contributed by atoms with Crippen LogP contribution in [0, 0.1) is 5.82 Å². The van der Waals surface area contributed by atoms with Crippen LogP contribution >= 0.6 is 11.8 Å².